The Morgan fingerprint density at radius 3 is 2.40 bits per heavy atom. The average molecular weight is 298 g/mol. The van der Waals surface area contributed by atoms with E-state index in [1.807, 2.05) is 19.1 Å². The van der Waals surface area contributed by atoms with Crippen LogP contribution in [0.25, 0.3) is 0 Å². The molecule has 5 heteroatoms. The van der Waals surface area contributed by atoms with Crippen LogP contribution in [0, 0.1) is 0 Å². The third-order valence-electron chi connectivity index (χ3n) is 2.83. The molecular weight excluding hydrogens is 278 g/mol. The van der Waals surface area contributed by atoms with Crippen molar-refractivity contribution in [3.8, 4) is 0 Å². The molecule has 0 aliphatic rings. The van der Waals surface area contributed by atoms with Crippen LogP contribution in [-0.4, -0.2) is 29.9 Å². The van der Waals surface area contributed by atoms with Crippen molar-refractivity contribution < 1.29 is 14.3 Å². The molecule has 0 saturated carbocycles. The van der Waals surface area contributed by atoms with Crippen molar-refractivity contribution in [2.24, 2.45) is 0 Å². The highest BCUT2D eigenvalue weighted by molar-refractivity contribution is 6.30. The second kappa shape index (κ2) is 8.59. The van der Waals surface area contributed by atoms with E-state index in [-0.39, 0.29) is 18.3 Å². The number of carbonyl (C=O) groups excluding carboxylic acids is 2. The Labute approximate surface area is 124 Å². The predicted molar refractivity (Wildman–Crippen MR) is 78.4 cm³/mol. The van der Waals surface area contributed by atoms with Crippen LogP contribution >= 0.6 is 11.6 Å². The summed E-state index contributed by atoms with van der Waals surface area (Å²) in [5.41, 5.74) is 0.986. The second-order valence-electron chi connectivity index (χ2n) is 4.35. The first-order valence-corrected chi connectivity index (χ1v) is 7.12. The molecule has 1 rings (SSSR count). The van der Waals surface area contributed by atoms with Gasteiger partial charge in [0.1, 0.15) is 0 Å². The van der Waals surface area contributed by atoms with Crippen LogP contribution in [0.1, 0.15) is 32.3 Å². The van der Waals surface area contributed by atoms with Crippen LogP contribution in [0.2, 0.25) is 5.02 Å². The first-order valence-electron chi connectivity index (χ1n) is 6.74. The molecule has 1 amide bonds. The zero-order valence-electron chi connectivity index (χ0n) is 11.9. The SMILES string of the molecule is CCOC(=O)CCN(Cc1ccc(Cl)cc1)C(=O)CC. The molecule has 0 spiro atoms. The molecule has 0 aliphatic heterocycles. The van der Waals surface area contributed by atoms with Gasteiger partial charge in [-0.2, -0.15) is 0 Å². The molecular formula is C15H20ClNO3. The second-order valence-corrected chi connectivity index (χ2v) is 4.79. The van der Waals surface area contributed by atoms with Gasteiger partial charge < -0.3 is 9.64 Å². The van der Waals surface area contributed by atoms with E-state index in [2.05, 4.69) is 0 Å². The van der Waals surface area contributed by atoms with Crippen LogP contribution in [0.3, 0.4) is 0 Å². The molecule has 20 heavy (non-hydrogen) atoms. The summed E-state index contributed by atoms with van der Waals surface area (Å²) in [6, 6.07) is 7.33. The molecule has 0 bridgehead atoms. The maximum Gasteiger partial charge on any atom is 0.307 e. The molecule has 1 aromatic carbocycles. The van der Waals surface area contributed by atoms with E-state index in [0.29, 0.717) is 31.1 Å². The minimum Gasteiger partial charge on any atom is -0.466 e. The summed E-state index contributed by atoms with van der Waals surface area (Å²) >= 11 is 5.83. The molecule has 0 heterocycles. The summed E-state index contributed by atoms with van der Waals surface area (Å²) in [6.45, 7) is 4.78. The standard InChI is InChI=1S/C15H20ClNO3/c1-3-14(18)17(10-9-15(19)20-4-2)11-12-5-7-13(16)8-6-12/h5-8H,3-4,9-11H2,1-2H3. The van der Waals surface area contributed by atoms with Gasteiger partial charge in [0.2, 0.25) is 5.91 Å². The van der Waals surface area contributed by atoms with Crippen molar-refractivity contribution in [2.45, 2.75) is 33.2 Å². The minimum atomic E-state index is -0.280. The third-order valence-corrected chi connectivity index (χ3v) is 3.08. The van der Waals surface area contributed by atoms with Crippen LogP contribution < -0.4 is 0 Å². The molecule has 4 nitrogen and oxygen atoms in total. The van der Waals surface area contributed by atoms with E-state index in [1.165, 1.54) is 0 Å². The summed E-state index contributed by atoms with van der Waals surface area (Å²) in [4.78, 5) is 24.9. The topological polar surface area (TPSA) is 46.6 Å². The first kappa shape index (κ1) is 16.5. The number of carbonyl (C=O) groups is 2. The molecule has 1 aromatic rings. The van der Waals surface area contributed by atoms with Crippen molar-refractivity contribution in [1.29, 1.82) is 0 Å². The molecule has 0 N–H and O–H groups in total. The smallest absolute Gasteiger partial charge is 0.307 e. The minimum absolute atomic E-state index is 0.0178. The van der Waals surface area contributed by atoms with E-state index in [0.717, 1.165) is 5.56 Å². The van der Waals surface area contributed by atoms with Crippen molar-refractivity contribution in [3.05, 3.63) is 34.9 Å². The Kier molecular flexibility index (Phi) is 7.09. The number of hydrogen-bond donors (Lipinski definition) is 0. The normalized spacial score (nSPS) is 10.2. The van der Waals surface area contributed by atoms with Gasteiger partial charge in [0.15, 0.2) is 0 Å². The predicted octanol–water partition coefficient (Wildman–Crippen LogP) is 3.03. The molecule has 110 valence electrons. The van der Waals surface area contributed by atoms with Crippen LogP contribution in [0.5, 0.6) is 0 Å². The Morgan fingerprint density at radius 2 is 1.85 bits per heavy atom. The Hall–Kier alpha value is -1.55. The number of rotatable bonds is 7. The number of halogens is 1. The summed E-state index contributed by atoms with van der Waals surface area (Å²) in [6.07, 6.45) is 0.629. The Bertz CT molecular complexity index is 445. The van der Waals surface area contributed by atoms with E-state index < -0.39 is 0 Å². The van der Waals surface area contributed by atoms with E-state index in [4.69, 9.17) is 16.3 Å². The zero-order valence-corrected chi connectivity index (χ0v) is 12.7. The fraction of sp³-hybridized carbons (Fsp3) is 0.467. The van der Waals surface area contributed by atoms with Gasteiger partial charge in [-0.05, 0) is 24.6 Å². The fourth-order valence-electron chi connectivity index (χ4n) is 1.79. The third kappa shape index (κ3) is 5.61. The number of amides is 1. The van der Waals surface area contributed by atoms with Crippen LogP contribution in [0.15, 0.2) is 24.3 Å². The summed E-state index contributed by atoms with van der Waals surface area (Å²) in [5, 5.41) is 0.661. The van der Waals surface area contributed by atoms with Crippen molar-refractivity contribution in [3.63, 3.8) is 0 Å². The maximum absolute atomic E-state index is 11.9. The number of esters is 1. The van der Waals surface area contributed by atoms with Gasteiger partial charge in [-0.3, -0.25) is 9.59 Å². The summed E-state index contributed by atoms with van der Waals surface area (Å²) < 4.78 is 4.88. The monoisotopic (exact) mass is 297 g/mol. The molecule has 0 aliphatic carbocycles. The zero-order chi connectivity index (χ0) is 15.0. The van der Waals surface area contributed by atoms with E-state index in [9.17, 15) is 9.59 Å². The lowest BCUT2D eigenvalue weighted by Gasteiger charge is -2.22. The number of ether oxygens (including phenoxy) is 1. The van der Waals surface area contributed by atoms with Gasteiger partial charge in [-0.15, -0.1) is 0 Å². The van der Waals surface area contributed by atoms with Gasteiger partial charge in [0.05, 0.1) is 13.0 Å². The van der Waals surface area contributed by atoms with Gasteiger partial charge in [-0.1, -0.05) is 30.7 Å². The van der Waals surface area contributed by atoms with E-state index >= 15 is 0 Å². The molecule has 0 fully saturated rings. The summed E-state index contributed by atoms with van der Waals surface area (Å²) in [7, 11) is 0. The number of hydrogen-bond acceptors (Lipinski definition) is 3. The first-order chi connectivity index (χ1) is 9.56. The molecule has 0 unspecified atom stereocenters. The lowest BCUT2D eigenvalue weighted by atomic mass is 10.2. The number of nitrogens with zero attached hydrogens (tertiary/aromatic N) is 1. The van der Waals surface area contributed by atoms with Gasteiger partial charge in [-0.25, -0.2) is 0 Å². The summed E-state index contributed by atoms with van der Waals surface area (Å²) in [5.74, 6) is -0.262. The maximum atomic E-state index is 11.9. The fourth-order valence-corrected chi connectivity index (χ4v) is 1.91. The molecule has 0 radical (unpaired) electrons. The van der Waals surface area contributed by atoms with Crippen molar-refractivity contribution in [1.82, 2.24) is 4.90 Å². The van der Waals surface area contributed by atoms with Crippen molar-refractivity contribution in [2.75, 3.05) is 13.2 Å². The van der Waals surface area contributed by atoms with E-state index in [1.54, 1.807) is 24.0 Å². The molecule has 0 atom stereocenters. The largest absolute Gasteiger partial charge is 0.466 e. The highest BCUT2D eigenvalue weighted by Crippen LogP contribution is 2.12. The lowest BCUT2D eigenvalue weighted by Crippen LogP contribution is -2.32. The highest BCUT2D eigenvalue weighted by Gasteiger charge is 2.14. The van der Waals surface area contributed by atoms with Crippen molar-refractivity contribution >= 4 is 23.5 Å². The molecule has 0 saturated heterocycles. The van der Waals surface area contributed by atoms with Crippen LogP contribution in [0.4, 0.5) is 0 Å². The quantitative estimate of drug-likeness (QED) is 0.727. The average Bonchev–Trinajstić information content (AvgIpc) is 2.45. The van der Waals surface area contributed by atoms with Gasteiger partial charge in [0.25, 0.3) is 0 Å². The lowest BCUT2D eigenvalue weighted by molar-refractivity contribution is -0.144. The molecule has 0 aromatic heterocycles. The van der Waals surface area contributed by atoms with Gasteiger partial charge >= 0.3 is 5.97 Å². The van der Waals surface area contributed by atoms with Crippen LogP contribution in [-0.2, 0) is 20.9 Å². The highest BCUT2D eigenvalue weighted by atomic mass is 35.5. The van der Waals surface area contributed by atoms with Gasteiger partial charge in [0, 0.05) is 24.5 Å². The Balaban J connectivity index is 2.62. The Morgan fingerprint density at radius 1 is 1.20 bits per heavy atom. The number of benzene rings is 1.